The molecule has 0 atom stereocenters. The molecule has 2 nitrogen and oxygen atoms in total. The van der Waals surface area contributed by atoms with E-state index in [1.165, 1.54) is 11.3 Å². The third kappa shape index (κ3) is 0.552. The third-order valence-corrected chi connectivity index (χ3v) is 2.28. The number of hydrogen-bond acceptors (Lipinski definition) is 3. The zero-order valence-electron chi connectivity index (χ0n) is 5.18. The van der Waals surface area contributed by atoms with Crippen molar-refractivity contribution in [2.45, 2.75) is 0 Å². The summed E-state index contributed by atoms with van der Waals surface area (Å²) in [5, 5.41) is 5.72. The molecule has 1 aromatic rings. The lowest BCUT2D eigenvalue weighted by Gasteiger charge is -1.89. The van der Waals surface area contributed by atoms with Crippen molar-refractivity contribution >= 4 is 22.1 Å². The van der Waals surface area contributed by atoms with Crippen LogP contribution >= 0.6 is 11.3 Å². The smallest absolute Gasteiger partial charge is 0.211 e. The molecule has 0 unspecified atom stereocenters. The molecule has 50 valence electrons. The Labute approximate surface area is 62.2 Å². The van der Waals surface area contributed by atoms with Gasteiger partial charge in [-0.3, -0.25) is 4.79 Å². The Hall–Kier alpha value is -1.09. The minimum absolute atomic E-state index is 0.0243. The molecule has 1 N–H and O–H groups in total. The second-order valence-corrected chi connectivity index (χ2v) is 3.01. The van der Waals surface area contributed by atoms with Crippen molar-refractivity contribution in [2.24, 2.45) is 0 Å². The summed E-state index contributed by atoms with van der Waals surface area (Å²) in [5.74, 6) is 0.0243. The maximum absolute atomic E-state index is 11.1. The molecule has 0 saturated heterocycles. The van der Waals surface area contributed by atoms with Gasteiger partial charge in [0.15, 0.2) is 0 Å². The second kappa shape index (κ2) is 1.70. The van der Waals surface area contributed by atoms with Crippen LogP contribution in [0.3, 0.4) is 0 Å². The molecule has 3 heteroatoms. The van der Waals surface area contributed by atoms with E-state index in [1.54, 1.807) is 0 Å². The number of fused-ring (bicyclic) bond motifs is 1. The lowest BCUT2D eigenvalue weighted by molar-refractivity contribution is 0.104. The van der Waals surface area contributed by atoms with Crippen LogP contribution in [0.1, 0.15) is 10.4 Å². The molecular weight excluding hydrogens is 146 g/mol. The van der Waals surface area contributed by atoms with E-state index in [0.717, 1.165) is 10.6 Å². The molecule has 1 aliphatic heterocycles. The summed E-state index contributed by atoms with van der Waals surface area (Å²) in [6.45, 7) is 3.57. The van der Waals surface area contributed by atoms with Crippen molar-refractivity contribution in [3.63, 3.8) is 0 Å². The van der Waals surface area contributed by atoms with Crippen LogP contribution in [-0.4, -0.2) is 5.78 Å². The van der Waals surface area contributed by atoms with Crippen LogP contribution in [0.5, 0.6) is 0 Å². The first-order valence-electron chi connectivity index (χ1n) is 2.87. The van der Waals surface area contributed by atoms with Gasteiger partial charge in [-0.05, 0) is 11.4 Å². The summed E-state index contributed by atoms with van der Waals surface area (Å²) in [7, 11) is 0. The predicted molar refractivity (Wildman–Crippen MR) is 41.4 cm³/mol. The van der Waals surface area contributed by atoms with Crippen molar-refractivity contribution in [1.29, 1.82) is 0 Å². The zero-order chi connectivity index (χ0) is 7.14. The number of ketones is 1. The monoisotopic (exact) mass is 151 g/mol. The number of Topliss-reactive ketones (excluding diaryl/α,β-unsaturated/α-hetero) is 1. The predicted octanol–water partition coefficient (Wildman–Crippen LogP) is 1.87. The van der Waals surface area contributed by atoms with Crippen molar-refractivity contribution in [3.8, 4) is 0 Å². The van der Waals surface area contributed by atoms with Crippen LogP contribution in [0.25, 0.3) is 0 Å². The first-order chi connectivity index (χ1) is 4.79. The first kappa shape index (κ1) is 5.68. The SMILES string of the molecule is C=C1Nc2sccc2C1=O. The summed E-state index contributed by atoms with van der Waals surface area (Å²) in [6.07, 6.45) is 0. The molecule has 0 aliphatic carbocycles. The Morgan fingerprint density at radius 1 is 1.60 bits per heavy atom. The Morgan fingerprint density at radius 3 is 3.10 bits per heavy atom. The van der Waals surface area contributed by atoms with Gasteiger partial charge in [0.2, 0.25) is 5.78 Å². The van der Waals surface area contributed by atoms with E-state index < -0.39 is 0 Å². The van der Waals surface area contributed by atoms with Crippen molar-refractivity contribution in [2.75, 3.05) is 5.32 Å². The molecule has 2 heterocycles. The number of allylic oxidation sites excluding steroid dienone is 1. The van der Waals surface area contributed by atoms with Gasteiger partial charge in [-0.1, -0.05) is 6.58 Å². The molecule has 0 saturated carbocycles. The molecule has 0 spiro atoms. The van der Waals surface area contributed by atoms with E-state index in [0.29, 0.717) is 5.70 Å². The number of hydrogen-bond donors (Lipinski definition) is 1. The largest absolute Gasteiger partial charge is 0.344 e. The van der Waals surface area contributed by atoms with Crippen LogP contribution in [0.15, 0.2) is 23.7 Å². The van der Waals surface area contributed by atoms with E-state index >= 15 is 0 Å². The van der Waals surface area contributed by atoms with E-state index in [4.69, 9.17) is 0 Å². The number of carbonyl (C=O) groups is 1. The Kier molecular flexibility index (Phi) is 0.964. The van der Waals surface area contributed by atoms with Gasteiger partial charge in [-0.15, -0.1) is 11.3 Å². The van der Waals surface area contributed by atoms with E-state index in [2.05, 4.69) is 11.9 Å². The third-order valence-electron chi connectivity index (χ3n) is 1.45. The van der Waals surface area contributed by atoms with E-state index in [1.807, 2.05) is 11.4 Å². The lowest BCUT2D eigenvalue weighted by atomic mass is 10.2. The number of thiophene rings is 1. The van der Waals surface area contributed by atoms with Crippen LogP contribution in [0.4, 0.5) is 5.00 Å². The maximum atomic E-state index is 11.1. The van der Waals surface area contributed by atoms with Gasteiger partial charge in [-0.25, -0.2) is 0 Å². The van der Waals surface area contributed by atoms with Gasteiger partial charge in [0.25, 0.3) is 0 Å². The Balaban J connectivity index is 2.63. The number of carbonyl (C=O) groups excluding carboxylic acids is 1. The van der Waals surface area contributed by atoms with Gasteiger partial charge in [-0.2, -0.15) is 0 Å². The van der Waals surface area contributed by atoms with Crippen LogP contribution in [-0.2, 0) is 0 Å². The summed E-state index contributed by atoms with van der Waals surface area (Å²) < 4.78 is 0. The minimum atomic E-state index is 0.0243. The number of nitrogens with one attached hydrogen (secondary N) is 1. The molecule has 0 aromatic carbocycles. The topological polar surface area (TPSA) is 29.1 Å². The highest BCUT2D eigenvalue weighted by Crippen LogP contribution is 2.31. The molecule has 10 heavy (non-hydrogen) atoms. The second-order valence-electron chi connectivity index (χ2n) is 2.10. The first-order valence-corrected chi connectivity index (χ1v) is 3.75. The highest BCUT2D eigenvalue weighted by molar-refractivity contribution is 7.15. The zero-order valence-corrected chi connectivity index (χ0v) is 5.99. The highest BCUT2D eigenvalue weighted by Gasteiger charge is 2.23. The molecule has 0 radical (unpaired) electrons. The van der Waals surface area contributed by atoms with Gasteiger partial charge < -0.3 is 5.32 Å². The normalized spacial score (nSPS) is 15.2. The Morgan fingerprint density at radius 2 is 2.40 bits per heavy atom. The van der Waals surface area contributed by atoms with Crippen molar-refractivity contribution in [3.05, 3.63) is 29.3 Å². The molecular formula is C7H5NOS. The van der Waals surface area contributed by atoms with E-state index in [9.17, 15) is 4.79 Å². The highest BCUT2D eigenvalue weighted by atomic mass is 32.1. The maximum Gasteiger partial charge on any atom is 0.211 e. The fourth-order valence-electron chi connectivity index (χ4n) is 0.941. The molecule has 0 amide bonds. The summed E-state index contributed by atoms with van der Waals surface area (Å²) in [4.78, 5) is 11.1. The quantitative estimate of drug-likeness (QED) is 0.573. The summed E-state index contributed by atoms with van der Waals surface area (Å²) >= 11 is 1.53. The van der Waals surface area contributed by atoms with Crippen LogP contribution in [0, 0.1) is 0 Å². The molecule has 0 bridgehead atoms. The fraction of sp³-hybridized carbons (Fsp3) is 0. The molecule has 0 fully saturated rings. The molecule has 1 aromatic heterocycles. The van der Waals surface area contributed by atoms with Crippen LogP contribution < -0.4 is 5.32 Å². The average molecular weight is 151 g/mol. The molecule has 2 rings (SSSR count). The van der Waals surface area contributed by atoms with Gasteiger partial charge in [0.05, 0.1) is 11.3 Å². The van der Waals surface area contributed by atoms with E-state index in [-0.39, 0.29) is 5.78 Å². The van der Waals surface area contributed by atoms with Gasteiger partial charge >= 0.3 is 0 Å². The van der Waals surface area contributed by atoms with Crippen molar-refractivity contribution < 1.29 is 4.79 Å². The summed E-state index contributed by atoms with van der Waals surface area (Å²) in [6, 6.07) is 1.81. The minimum Gasteiger partial charge on any atom is -0.344 e. The van der Waals surface area contributed by atoms with Gasteiger partial charge in [0, 0.05) is 0 Å². The standard InChI is InChI=1S/C7H5NOS/c1-4-6(9)5-2-3-10-7(5)8-4/h2-3,8H,1H2. The Bertz CT molecular complexity index is 313. The molecule has 1 aliphatic rings. The van der Waals surface area contributed by atoms with Crippen LogP contribution in [0.2, 0.25) is 0 Å². The van der Waals surface area contributed by atoms with Crippen molar-refractivity contribution in [1.82, 2.24) is 0 Å². The van der Waals surface area contributed by atoms with Gasteiger partial charge in [0.1, 0.15) is 5.00 Å². The lowest BCUT2D eigenvalue weighted by Crippen LogP contribution is -1.96. The average Bonchev–Trinajstić information content (AvgIpc) is 2.41. The fourth-order valence-corrected chi connectivity index (χ4v) is 1.75. The number of rotatable bonds is 0. The summed E-state index contributed by atoms with van der Waals surface area (Å²) in [5.41, 5.74) is 1.25. The number of anilines is 1.